The van der Waals surface area contributed by atoms with Gasteiger partial charge in [-0.15, -0.1) is 0 Å². The smallest absolute Gasteiger partial charge is 0.253 e. The van der Waals surface area contributed by atoms with Crippen LogP contribution in [0.25, 0.3) is 0 Å². The van der Waals surface area contributed by atoms with Gasteiger partial charge in [-0.3, -0.25) is 43.3 Å². The lowest BCUT2D eigenvalue weighted by Crippen LogP contribution is -2.73. The second-order valence-electron chi connectivity index (χ2n) is 19.5. The molecule has 0 heterocycles. The van der Waals surface area contributed by atoms with Crippen LogP contribution < -0.4 is 38.9 Å². The Morgan fingerprint density at radius 3 is 1.77 bits per heavy atom. The first-order valence-corrected chi connectivity index (χ1v) is 24.8. The van der Waals surface area contributed by atoms with Crippen LogP contribution in [0.4, 0.5) is 0 Å². The van der Waals surface area contributed by atoms with Gasteiger partial charge >= 0.3 is 0 Å². The van der Waals surface area contributed by atoms with Crippen LogP contribution in [0.15, 0.2) is 30.3 Å². The van der Waals surface area contributed by atoms with Crippen molar-refractivity contribution in [1.29, 1.82) is 0 Å². The van der Waals surface area contributed by atoms with E-state index in [1.54, 1.807) is 52.2 Å². The van der Waals surface area contributed by atoms with Gasteiger partial charge in [0.05, 0.1) is 18.1 Å². The standard InChI is InChI=1S/C48H77N8O8S2/c1-29(2)25-37(55-42(60)30(3)53-43(61)36(23-15-16-24-49)54-44(62)39(52)47(4,5)66)46(64)56(45(63)35(51)27-32-19-11-7-12-20-32)48(28-57,41(65)38(58)33-21-13-8-14-22-33)40(59)34(50)26-31-17-9-6-10-18-31/h8,13-14,21-22,29-32,34-37,39,41,65-66H,6-7,9-12,15-20,23-27,49-52H2,1-5H3,(H,53,61)(H,54,62)(H,55,60)/t30-,34-,35-,36-,37-,39+,41?,48-/m0/s1. The summed E-state index contributed by atoms with van der Waals surface area (Å²) in [4.78, 5) is 116. The average molecular weight is 958 g/mol. The summed E-state index contributed by atoms with van der Waals surface area (Å²) in [5.41, 5.74) is 22.2. The van der Waals surface area contributed by atoms with Gasteiger partial charge in [0, 0.05) is 10.3 Å². The molecular formula is C48H77N8O8S2. The number of Topliss-reactive ketones (excluding diaryl/α,β-unsaturated/α-hetero) is 2. The van der Waals surface area contributed by atoms with Crippen LogP contribution >= 0.6 is 25.3 Å². The van der Waals surface area contributed by atoms with Gasteiger partial charge in [0.25, 0.3) is 5.91 Å². The van der Waals surface area contributed by atoms with Crippen LogP contribution in [0.1, 0.15) is 148 Å². The number of amides is 5. The number of carbonyl (C=O) groups excluding carboxylic acids is 8. The molecule has 0 aliphatic heterocycles. The summed E-state index contributed by atoms with van der Waals surface area (Å²) in [6.07, 6.45) is 11.8. The van der Waals surface area contributed by atoms with Crippen molar-refractivity contribution in [2.75, 3.05) is 6.54 Å². The molecule has 66 heavy (non-hydrogen) atoms. The molecule has 2 fully saturated rings. The number of imide groups is 1. The molecule has 5 amide bonds. The van der Waals surface area contributed by atoms with E-state index in [9.17, 15) is 24.0 Å². The highest BCUT2D eigenvalue weighted by molar-refractivity contribution is 7.82. The maximum absolute atomic E-state index is 15.5. The quantitative estimate of drug-likeness (QED) is 0.0280. The Morgan fingerprint density at radius 1 is 0.742 bits per heavy atom. The van der Waals surface area contributed by atoms with E-state index in [0.717, 1.165) is 64.2 Å². The normalized spacial score (nSPS) is 19.2. The van der Waals surface area contributed by atoms with Gasteiger partial charge in [0.15, 0.2) is 17.1 Å². The summed E-state index contributed by atoms with van der Waals surface area (Å²) in [7, 11) is 0. The largest absolute Gasteiger partial charge is 0.343 e. The lowest BCUT2D eigenvalue weighted by Gasteiger charge is -2.43. The number of nitrogens with two attached hydrogens (primary N) is 4. The Labute approximate surface area is 402 Å². The third kappa shape index (κ3) is 15.7. The molecule has 1 radical (unpaired) electrons. The molecule has 8 atom stereocenters. The topological polar surface area (TPSA) is 280 Å². The molecule has 11 N–H and O–H groups in total. The molecule has 1 unspecified atom stereocenters. The van der Waals surface area contributed by atoms with Gasteiger partial charge in [-0.1, -0.05) is 108 Å². The van der Waals surface area contributed by atoms with E-state index in [1.807, 2.05) is 0 Å². The zero-order chi connectivity index (χ0) is 49.4. The first-order chi connectivity index (χ1) is 31.1. The van der Waals surface area contributed by atoms with Gasteiger partial charge in [-0.2, -0.15) is 25.3 Å². The van der Waals surface area contributed by atoms with Crippen molar-refractivity contribution in [3.63, 3.8) is 0 Å². The average Bonchev–Trinajstić information content (AvgIpc) is 3.29. The minimum Gasteiger partial charge on any atom is -0.343 e. The molecule has 16 nitrogen and oxygen atoms in total. The van der Waals surface area contributed by atoms with Crippen LogP contribution in [0.2, 0.25) is 0 Å². The molecule has 1 aromatic rings. The van der Waals surface area contributed by atoms with Gasteiger partial charge < -0.3 is 38.9 Å². The fourth-order valence-electron chi connectivity index (χ4n) is 9.01. The number of hydrogen-bond donors (Lipinski definition) is 9. The van der Waals surface area contributed by atoms with Crippen molar-refractivity contribution < 1.29 is 38.4 Å². The number of benzene rings is 1. The summed E-state index contributed by atoms with van der Waals surface area (Å²) >= 11 is 9.04. The van der Waals surface area contributed by atoms with E-state index < -0.39 is 92.9 Å². The molecule has 0 aromatic heterocycles. The molecule has 0 bridgehead atoms. The van der Waals surface area contributed by atoms with Crippen molar-refractivity contribution in [1.82, 2.24) is 20.9 Å². The fourth-order valence-corrected chi connectivity index (χ4v) is 9.58. The number of hydrogen-bond acceptors (Lipinski definition) is 14. The number of thiol groups is 2. The Hall–Kier alpha value is -3.68. The van der Waals surface area contributed by atoms with E-state index in [0.29, 0.717) is 24.3 Å². The Balaban J connectivity index is 2.14. The fraction of sp³-hybridized carbons (Fsp3) is 0.708. The third-order valence-electron chi connectivity index (χ3n) is 13.0. The van der Waals surface area contributed by atoms with E-state index in [4.69, 9.17) is 22.9 Å². The van der Waals surface area contributed by atoms with Crippen LogP contribution in [-0.2, 0) is 33.6 Å². The second-order valence-corrected chi connectivity index (χ2v) is 21.1. The van der Waals surface area contributed by atoms with Crippen molar-refractivity contribution in [2.45, 2.75) is 189 Å². The summed E-state index contributed by atoms with van der Waals surface area (Å²) < 4.78 is -0.922. The zero-order valence-electron chi connectivity index (χ0n) is 39.6. The molecular weight excluding hydrogens is 881 g/mol. The van der Waals surface area contributed by atoms with Gasteiger partial charge in [0.1, 0.15) is 23.4 Å². The molecule has 0 saturated heterocycles. The highest BCUT2D eigenvalue weighted by atomic mass is 32.1. The summed E-state index contributed by atoms with van der Waals surface area (Å²) in [5.74, 6) is -6.81. The number of nitrogens with one attached hydrogen (secondary N) is 3. The van der Waals surface area contributed by atoms with E-state index in [2.05, 4.69) is 41.2 Å². The van der Waals surface area contributed by atoms with Crippen molar-refractivity contribution in [3.8, 4) is 0 Å². The Morgan fingerprint density at radius 2 is 1.27 bits per heavy atom. The minimum atomic E-state index is -3.03. The molecule has 3 rings (SSSR count). The summed E-state index contributed by atoms with van der Waals surface area (Å²) in [6, 6.07) is -0.248. The first-order valence-electron chi connectivity index (χ1n) is 23.8. The molecule has 1 aromatic carbocycles. The van der Waals surface area contributed by atoms with E-state index in [-0.39, 0.29) is 49.0 Å². The monoisotopic (exact) mass is 958 g/mol. The third-order valence-corrected chi connectivity index (χ3v) is 13.9. The predicted octanol–water partition coefficient (Wildman–Crippen LogP) is 3.22. The molecule has 2 saturated carbocycles. The van der Waals surface area contributed by atoms with Gasteiger partial charge in [-0.05, 0) is 83.6 Å². The highest BCUT2D eigenvalue weighted by Gasteiger charge is 2.60. The lowest BCUT2D eigenvalue weighted by atomic mass is 9.77. The maximum Gasteiger partial charge on any atom is 0.253 e. The highest BCUT2D eigenvalue weighted by Crippen LogP contribution is 2.35. The predicted molar refractivity (Wildman–Crippen MR) is 262 cm³/mol. The number of nitrogens with zero attached hydrogens (tertiary/aromatic N) is 1. The Kier molecular flexibility index (Phi) is 23.0. The van der Waals surface area contributed by atoms with Crippen molar-refractivity contribution >= 4 is 72.6 Å². The van der Waals surface area contributed by atoms with Crippen molar-refractivity contribution in [2.24, 2.45) is 40.7 Å². The molecule has 0 spiro atoms. The Bertz CT molecular complexity index is 1800. The lowest BCUT2D eigenvalue weighted by molar-refractivity contribution is -0.157. The van der Waals surface area contributed by atoms with Gasteiger partial charge in [0.2, 0.25) is 29.9 Å². The van der Waals surface area contributed by atoms with Crippen LogP contribution in [0.5, 0.6) is 0 Å². The van der Waals surface area contributed by atoms with Crippen LogP contribution in [0, 0.1) is 17.8 Å². The van der Waals surface area contributed by atoms with Gasteiger partial charge in [-0.25, -0.2) is 0 Å². The van der Waals surface area contributed by atoms with E-state index >= 15 is 14.4 Å². The molecule has 18 heteroatoms. The van der Waals surface area contributed by atoms with Crippen LogP contribution in [0.3, 0.4) is 0 Å². The summed E-state index contributed by atoms with van der Waals surface area (Å²) in [5, 5.41) is 5.93. The van der Waals surface area contributed by atoms with Crippen molar-refractivity contribution in [3.05, 3.63) is 35.9 Å². The minimum absolute atomic E-state index is 0.00322. The maximum atomic E-state index is 15.5. The summed E-state index contributed by atoms with van der Waals surface area (Å²) in [6.45, 7) is 8.54. The number of rotatable bonds is 26. The first kappa shape index (κ1) is 56.6. The second kappa shape index (κ2) is 26.8. The number of unbranched alkanes of at least 4 members (excludes halogenated alkanes) is 1. The van der Waals surface area contributed by atoms with E-state index in [1.165, 1.54) is 19.1 Å². The molecule has 2 aliphatic rings. The number of ketones is 2. The molecule has 369 valence electrons. The van der Waals surface area contributed by atoms with Crippen LogP contribution in [-0.4, -0.2) is 111 Å². The molecule has 2 aliphatic carbocycles. The number of carbonyl (C=O) groups is 7. The zero-order valence-corrected chi connectivity index (χ0v) is 41.4. The SMILES string of the molecule is CC(C)C[C@H](NC(=O)[C@H](C)NC(=O)[C@H](CCCCN)NC(=O)[C@@H](N)C(C)(C)S)C(=O)N(C(=O)[C@@H](N)CC1CCCCC1)[C@@]([C]=O)(C(=O)[C@@H](N)CC1CCCCC1)C(S)C(=O)c1ccccc1.